The summed E-state index contributed by atoms with van der Waals surface area (Å²) < 4.78 is 6.25. The Labute approximate surface area is 151 Å². The summed E-state index contributed by atoms with van der Waals surface area (Å²) in [5.41, 5.74) is -0.797. The molecule has 118 valence electrons. The number of hydrogen-bond donors (Lipinski definition) is 2. The number of aliphatic hydroxyl groups is 1. The summed E-state index contributed by atoms with van der Waals surface area (Å²) in [6.45, 7) is 0.0326. The lowest BCUT2D eigenvalue weighted by Crippen LogP contribution is -2.41. The SMILES string of the molecule is O=C(NCC(O)(c1ccco1)c1cccs1)c1ccccc1I. The third-order valence-corrected chi connectivity index (χ3v) is 5.44. The van der Waals surface area contributed by atoms with Crippen molar-refractivity contribution in [1.82, 2.24) is 5.32 Å². The molecule has 0 saturated heterocycles. The van der Waals surface area contributed by atoms with Gasteiger partial charge in [0.2, 0.25) is 0 Å². The van der Waals surface area contributed by atoms with Crippen LogP contribution in [0, 0.1) is 3.57 Å². The fourth-order valence-electron chi connectivity index (χ4n) is 2.27. The van der Waals surface area contributed by atoms with E-state index in [1.54, 1.807) is 18.2 Å². The molecular weight excluding hydrogens is 425 g/mol. The molecule has 6 heteroatoms. The fourth-order valence-corrected chi connectivity index (χ4v) is 3.73. The molecule has 0 bridgehead atoms. The molecule has 0 fully saturated rings. The van der Waals surface area contributed by atoms with E-state index in [0.717, 1.165) is 8.45 Å². The van der Waals surface area contributed by atoms with Crippen molar-refractivity contribution in [3.05, 3.63) is 79.9 Å². The van der Waals surface area contributed by atoms with Gasteiger partial charge in [0, 0.05) is 8.45 Å². The minimum atomic E-state index is -1.38. The molecule has 0 aliphatic heterocycles. The van der Waals surface area contributed by atoms with E-state index < -0.39 is 5.60 Å². The molecule has 0 aliphatic carbocycles. The molecule has 23 heavy (non-hydrogen) atoms. The van der Waals surface area contributed by atoms with Crippen LogP contribution in [0.5, 0.6) is 0 Å². The van der Waals surface area contributed by atoms with E-state index in [2.05, 4.69) is 27.9 Å². The topological polar surface area (TPSA) is 62.5 Å². The van der Waals surface area contributed by atoms with E-state index in [1.807, 2.05) is 35.7 Å². The number of thiophene rings is 1. The summed E-state index contributed by atoms with van der Waals surface area (Å²) in [6.07, 6.45) is 1.51. The Morgan fingerprint density at radius 3 is 2.70 bits per heavy atom. The summed E-state index contributed by atoms with van der Waals surface area (Å²) >= 11 is 3.53. The van der Waals surface area contributed by atoms with E-state index in [0.29, 0.717) is 11.3 Å². The number of rotatable bonds is 5. The second kappa shape index (κ2) is 6.86. The predicted octanol–water partition coefficient (Wildman–Crippen LogP) is 3.61. The first-order chi connectivity index (χ1) is 11.1. The lowest BCUT2D eigenvalue weighted by atomic mass is 9.98. The van der Waals surface area contributed by atoms with Crippen molar-refractivity contribution in [1.29, 1.82) is 0 Å². The van der Waals surface area contributed by atoms with Crippen LogP contribution in [-0.2, 0) is 5.60 Å². The van der Waals surface area contributed by atoms with Gasteiger partial charge in [-0.25, -0.2) is 0 Å². The van der Waals surface area contributed by atoms with Crippen molar-refractivity contribution < 1.29 is 14.3 Å². The van der Waals surface area contributed by atoms with Crippen LogP contribution < -0.4 is 5.32 Å². The van der Waals surface area contributed by atoms with E-state index in [-0.39, 0.29) is 12.5 Å². The fraction of sp³-hybridized carbons (Fsp3) is 0.118. The lowest BCUT2D eigenvalue weighted by molar-refractivity contribution is 0.0554. The molecule has 0 aliphatic rings. The van der Waals surface area contributed by atoms with Gasteiger partial charge >= 0.3 is 0 Å². The lowest BCUT2D eigenvalue weighted by Gasteiger charge is -2.25. The van der Waals surface area contributed by atoms with Crippen molar-refractivity contribution in [3.63, 3.8) is 0 Å². The molecule has 1 aromatic carbocycles. The monoisotopic (exact) mass is 439 g/mol. The van der Waals surface area contributed by atoms with Crippen molar-refractivity contribution in [2.75, 3.05) is 6.54 Å². The molecule has 3 rings (SSSR count). The molecule has 4 nitrogen and oxygen atoms in total. The highest BCUT2D eigenvalue weighted by Crippen LogP contribution is 2.32. The number of furan rings is 1. The van der Waals surface area contributed by atoms with Gasteiger partial charge in [0.15, 0.2) is 5.60 Å². The van der Waals surface area contributed by atoms with Gasteiger partial charge in [0.25, 0.3) is 5.91 Å². The van der Waals surface area contributed by atoms with Crippen molar-refractivity contribution in [3.8, 4) is 0 Å². The third kappa shape index (κ3) is 3.34. The van der Waals surface area contributed by atoms with Crippen molar-refractivity contribution in [2.45, 2.75) is 5.60 Å². The zero-order chi connectivity index (χ0) is 16.3. The van der Waals surface area contributed by atoms with Crippen LogP contribution >= 0.6 is 33.9 Å². The molecule has 0 radical (unpaired) electrons. The number of halogens is 1. The van der Waals surface area contributed by atoms with Crippen LogP contribution in [0.4, 0.5) is 0 Å². The molecule has 2 heterocycles. The van der Waals surface area contributed by atoms with Gasteiger partial charge in [-0.05, 0) is 58.3 Å². The summed E-state index contributed by atoms with van der Waals surface area (Å²) in [5, 5.41) is 15.8. The van der Waals surface area contributed by atoms with Crippen LogP contribution in [0.25, 0.3) is 0 Å². The van der Waals surface area contributed by atoms with Crippen LogP contribution in [0.1, 0.15) is 21.0 Å². The highest BCUT2D eigenvalue weighted by Gasteiger charge is 2.36. The molecule has 1 unspecified atom stereocenters. The number of amides is 1. The summed E-state index contributed by atoms with van der Waals surface area (Å²) in [7, 11) is 0. The molecule has 0 saturated carbocycles. The minimum Gasteiger partial charge on any atom is -0.466 e. The Balaban J connectivity index is 1.84. The maximum atomic E-state index is 12.4. The summed E-state index contributed by atoms with van der Waals surface area (Å²) in [6, 6.07) is 14.4. The third-order valence-electron chi connectivity index (χ3n) is 3.48. The van der Waals surface area contributed by atoms with E-state index >= 15 is 0 Å². The van der Waals surface area contributed by atoms with E-state index in [9.17, 15) is 9.90 Å². The molecule has 2 N–H and O–H groups in total. The Morgan fingerprint density at radius 1 is 1.22 bits per heavy atom. The number of benzene rings is 1. The van der Waals surface area contributed by atoms with Gasteiger partial charge in [-0.3, -0.25) is 4.79 Å². The second-order valence-electron chi connectivity index (χ2n) is 4.98. The smallest absolute Gasteiger partial charge is 0.252 e. The van der Waals surface area contributed by atoms with Crippen LogP contribution in [-0.4, -0.2) is 17.6 Å². The molecule has 3 aromatic rings. The van der Waals surface area contributed by atoms with Gasteiger partial charge in [-0.1, -0.05) is 18.2 Å². The van der Waals surface area contributed by atoms with Crippen LogP contribution in [0.3, 0.4) is 0 Å². The standard InChI is InChI=1S/C17H14INO3S/c18-13-6-2-1-5-12(13)16(20)19-11-17(21,14-7-3-9-22-14)15-8-4-10-23-15/h1-10,21H,11H2,(H,19,20). The molecule has 2 aromatic heterocycles. The number of hydrogen-bond acceptors (Lipinski definition) is 4. The Bertz CT molecular complexity index is 750. The molecule has 0 spiro atoms. The Kier molecular flexibility index (Phi) is 4.84. The number of carbonyl (C=O) groups is 1. The van der Waals surface area contributed by atoms with Crippen LogP contribution in [0.2, 0.25) is 0 Å². The van der Waals surface area contributed by atoms with Gasteiger partial charge in [0.05, 0.1) is 18.4 Å². The predicted molar refractivity (Wildman–Crippen MR) is 97.5 cm³/mol. The first-order valence-electron chi connectivity index (χ1n) is 6.94. The summed E-state index contributed by atoms with van der Waals surface area (Å²) in [4.78, 5) is 13.1. The van der Waals surface area contributed by atoms with Gasteiger partial charge < -0.3 is 14.8 Å². The van der Waals surface area contributed by atoms with Gasteiger partial charge in [-0.15, -0.1) is 11.3 Å². The molecule has 1 amide bonds. The molecular formula is C17H14INO3S. The molecule has 1 atom stereocenters. The zero-order valence-electron chi connectivity index (χ0n) is 12.0. The normalized spacial score (nSPS) is 13.5. The highest BCUT2D eigenvalue weighted by atomic mass is 127. The van der Waals surface area contributed by atoms with E-state index in [1.165, 1.54) is 17.6 Å². The first-order valence-corrected chi connectivity index (χ1v) is 8.90. The quantitative estimate of drug-likeness (QED) is 0.598. The Morgan fingerprint density at radius 2 is 2.04 bits per heavy atom. The first kappa shape index (κ1) is 16.2. The highest BCUT2D eigenvalue weighted by molar-refractivity contribution is 14.1. The summed E-state index contributed by atoms with van der Waals surface area (Å²) in [5.74, 6) is 0.180. The maximum absolute atomic E-state index is 12.4. The Hall–Kier alpha value is -1.64. The van der Waals surface area contributed by atoms with Gasteiger partial charge in [0.1, 0.15) is 5.76 Å². The average Bonchev–Trinajstić information content (AvgIpc) is 3.25. The van der Waals surface area contributed by atoms with E-state index in [4.69, 9.17) is 4.42 Å². The minimum absolute atomic E-state index is 0.0326. The largest absolute Gasteiger partial charge is 0.466 e. The van der Waals surface area contributed by atoms with Gasteiger partial charge in [-0.2, -0.15) is 0 Å². The number of carbonyl (C=O) groups excluding carboxylic acids is 1. The van der Waals surface area contributed by atoms with Crippen molar-refractivity contribution in [2.24, 2.45) is 0 Å². The second-order valence-corrected chi connectivity index (χ2v) is 7.09. The average molecular weight is 439 g/mol. The zero-order valence-corrected chi connectivity index (χ0v) is 15.0. The maximum Gasteiger partial charge on any atom is 0.252 e. The van der Waals surface area contributed by atoms with Crippen molar-refractivity contribution >= 4 is 39.8 Å². The van der Waals surface area contributed by atoms with Crippen LogP contribution in [0.15, 0.2) is 64.6 Å². The number of nitrogens with one attached hydrogen (secondary N) is 1.